The van der Waals surface area contributed by atoms with Gasteiger partial charge in [0.25, 0.3) is 0 Å². The van der Waals surface area contributed by atoms with E-state index in [1.807, 2.05) is 13.8 Å². The van der Waals surface area contributed by atoms with Crippen LogP contribution >= 0.6 is 0 Å². The summed E-state index contributed by atoms with van der Waals surface area (Å²) >= 11 is 0. The molecule has 112 valence electrons. The molecule has 2 N–H and O–H groups in total. The molecular weight excluding hydrogens is 282 g/mol. The largest absolute Gasteiger partial charge is 0.364 e. The molecule has 1 heterocycles. The molecule has 0 spiro atoms. The van der Waals surface area contributed by atoms with E-state index in [-0.39, 0.29) is 17.3 Å². The number of hydrogen-bond acceptors (Lipinski definition) is 7. The van der Waals surface area contributed by atoms with Gasteiger partial charge in [-0.1, -0.05) is 13.8 Å². The maximum atomic E-state index is 11.3. The summed E-state index contributed by atoms with van der Waals surface area (Å²) in [5, 5.41) is 16.9. The van der Waals surface area contributed by atoms with Crippen LogP contribution in [0.4, 0.5) is 17.3 Å². The van der Waals surface area contributed by atoms with Gasteiger partial charge in [0.05, 0.1) is 4.92 Å². The second-order valence-electron chi connectivity index (χ2n) is 3.96. The first-order chi connectivity index (χ1) is 9.60. The Labute approximate surface area is 120 Å². The fourth-order valence-corrected chi connectivity index (χ4v) is 2.10. The molecule has 1 rings (SSSR count). The van der Waals surface area contributed by atoms with E-state index in [0.29, 0.717) is 24.6 Å². The third-order valence-corrected chi connectivity index (χ3v) is 3.79. The predicted molar refractivity (Wildman–Crippen MR) is 79.5 cm³/mol. The Morgan fingerprint density at radius 1 is 1.25 bits per heavy atom. The van der Waals surface area contributed by atoms with Gasteiger partial charge in [-0.15, -0.1) is 0 Å². The molecule has 8 nitrogen and oxygen atoms in total. The summed E-state index contributed by atoms with van der Waals surface area (Å²) in [6, 6.07) is 0. The molecule has 20 heavy (non-hydrogen) atoms. The van der Waals surface area contributed by atoms with Gasteiger partial charge in [0, 0.05) is 35.4 Å². The molecular formula is C11H19N5O3S. The lowest BCUT2D eigenvalue weighted by Gasteiger charge is -2.09. The van der Waals surface area contributed by atoms with Gasteiger partial charge in [-0.3, -0.25) is 14.3 Å². The molecule has 0 saturated carbocycles. The summed E-state index contributed by atoms with van der Waals surface area (Å²) in [4.78, 5) is 18.4. The summed E-state index contributed by atoms with van der Waals surface area (Å²) in [6.07, 6.45) is 2.10. The zero-order valence-corrected chi connectivity index (χ0v) is 12.4. The summed E-state index contributed by atoms with van der Waals surface area (Å²) in [5.74, 6) is 1.34. The monoisotopic (exact) mass is 301 g/mol. The van der Waals surface area contributed by atoms with Gasteiger partial charge < -0.3 is 10.6 Å². The molecule has 0 fully saturated rings. The van der Waals surface area contributed by atoms with Crippen molar-refractivity contribution >= 4 is 28.1 Å². The number of nitro groups is 1. The quantitative estimate of drug-likeness (QED) is 0.523. The van der Waals surface area contributed by atoms with E-state index in [1.54, 1.807) is 0 Å². The highest BCUT2D eigenvalue weighted by molar-refractivity contribution is 7.84. The Kier molecular flexibility index (Phi) is 6.85. The molecule has 1 unspecified atom stereocenters. The van der Waals surface area contributed by atoms with Crippen molar-refractivity contribution in [2.24, 2.45) is 0 Å². The second kappa shape index (κ2) is 8.41. The van der Waals surface area contributed by atoms with Gasteiger partial charge in [0.15, 0.2) is 0 Å². The van der Waals surface area contributed by atoms with Crippen molar-refractivity contribution in [2.45, 2.75) is 20.3 Å². The van der Waals surface area contributed by atoms with Crippen LogP contribution in [-0.2, 0) is 10.8 Å². The average Bonchev–Trinajstić information content (AvgIpc) is 2.44. The highest BCUT2D eigenvalue weighted by Gasteiger charge is 2.22. The molecule has 9 heteroatoms. The lowest BCUT2D eigenvalue weighted by atomic mass is 10.4. The van der Waals surface area contributed by atoms with Crippen LogP contribution in [0.2, 0.25) is 0 Å². The minimum Gasteiger partial charge on any atom is -0.364 e. The highest BCUT2D eigenvalue weighted by Crippen LogP contribution is 2.28. The topological polar surface area (TPSA) is 110 Å². The van der Waals surface area contributed by atoms with Crippen molar-refractivity contribution in [3.63, 3.8) is 0 Å². The number of hydrogen-bond donors (Lipinski definition) is 2. The Bertz CT molecular complexity index is 483. The van der Waals surface area contributed by atoms with E-state index < -0.39 is 15.7 Å². The van der Waals surface area contributed by atoms with Crippen LogP contribution < -0.4 is 10.6 Å². The summed E-state index contributed by atoms with van der Waals surface area (Å²) < 4.78 is 11.3. The number of rotatable bonds is 9. The van der Waals surface area contributed by atoms with Gasteiger partial charge in [-0.2, -0.15) is 0 Å². The zero-order valence-electron chi connectivity index (χ0n) is 11.6. The normalized spacial score (nSPS) is 11.9. The van der Waals surface area contributed by atoms with Crippen LogP contribution in [-0.4, -0.2) is 43.7 Å². The molecule has 1 aromatic heterocycles. The van der Waals surface area contributed by atoms with Crippen molar-refractivity contribution in [3.8, 4) is 0 Å². The Balaban J connectivity index is 2.83. The average molecular weight is 301 g/mol. The summed E-state index contributed by atoms with van der Waals surface area (Å²) in [5.41, 5.74) is -0.178. The molecule has 1 atom stereocenters. The fourth-order valence-electron chi connectivity index (χ4n) is 1.48. The molecule has 1 aromatic rings. The van der Waals surface area contributed by atoms with E-state index in [1.165, 1.54) is 6.33 Å². The third-order valence-electron chi connectivity index (χ3n) is 2.49. The van der Waals surface area contributed by atoms with E-state index in [0.717, 1.165) is 6.42 Å². The summed E-state index contributed by atoms with van der Waals surface area (Å²) in [6.45, 7) is 4.75. The molecule has 0 aliphatic carbocycles. The van der Waals surface area contributed by atoms with Crippen molar-refractivity contribution in [1.29, 1.82) is 0 Å². The van der Waals surface area contributed by atoms with Crippen LogP contribution in [0.3, 0.4) is 0 Å². The molecule has 0 aliphatic heterocycles. The Morgan fingerprint density at radius 2 is 1.85 bits per heavy atom. The van der Waals surface area contributed by atoms with Gasteiger partial charge in [0.1, 0.15) is 6.33 Å². The van der Waals surface area contributed by atoms with Crippen LogP contribution in [0, 0.1) is 10.1 Å². The maximum absolute atomic E-state index is 11.3. The third kappa shape index (κ3) is 4.72. The van der Waals surface area contributed by atoms with Gasteiger partial charge in [0.2, 0.25) is 11.6 Å². The first-order valence-corrected chi connectivity index (χ1v) is 7.91. The molecule has 0 aromatic carbocycles. The minimum absolute atomic E-state index is 0.150. The minimum atomic E-state index is -0.920. The van der Waals surface area contributed by atoms with E-state index in [4.69, 9.17) is 0 Å². The molecule has 0 amide bonds. The zero-order chi connectivity index (χ0) is 15.0. The number of anilines is 2. The first-order valence-electron chi connectivity index (χ1n) is 6.42. The van der Waals surface area contributed by atoms with Gasteiger partial charge >= 0.3 is 5.69 Å². The van der Waals surface area contributed by atoms with Crippen LogP contribution in [0.5, 0.6) is 0 Å². The lowest BCUT2D eigenvalue weighted by molar-refractivity contribution is -0.383. The molecule has 0 bridgehead atoms. The number of nitrogens with one attached hydrogen (secondary N) is 2. The van der Waals surface area contributed by atoms with Crippen molar-refractivity contribution in [2.75, 3.05) is 35.2 Å². The molecule has 0 aliphatic rings. The second-order valence-corrected chi connectivity index (χ2v) is 5.83. The standard InChI is InChI=1S/C11H19N5O3S/c1-3-5-12-10-9(16(17)18)11(15-8-14-10)13-6-7-20(19)4-2/h8H,3-7H2,1-2H3,(H2,12,13,14,15). The Morgan fingerprint density at radius 3 is 2.35 bits per heavy atom. The van der Waals surface area contributed by atoms with Gasteiger partial charge in [-0.25, -0.2) is 9.97 Å². The molecule has 0 saturated heterocycles. The fraction of sp³-hybridized carbons (Fsp3) is 0.636. The lowest BCUT2D eigenvalue weighted by Crippen LogP contribution is -2.15. The Hall–Kier alpha value is -1.77. The van der Waals surface area contributed by atoms with Crippen LogP contribution in [0.1, 0.15) is 20.3 Å². The van der Waals surface area contributed by atoms with E-state index in [2.05, 4.69) is 20.6 Å². The maximum Gasteiger partial charge on any atom is 0.353 e. The first kappa shape index (κ1) is 16.3. The van der Waals surface area contributed by atoms with Crippen LogP contribution in [0.25, 0.3) is 0 Å². The van der Waals surface area contributed by atoms with Crippen molar-refractivity contribution < 1.29 is 9.13 Å². The SMILES string of the molecule is CCCNc1ncnc(NCCS(=O)CC)c1[N+](=O)[O-]. The molecule has 0 radical (unpaired) electrons. The highest BCUT2D eigenvalue weighted by atomic mass is 32.2. The summed E-state index contributed by atoms with van der Waals surface area (Å²) in [7, 11) is -0.920. The smallest absolute Gasteiger partial charge is 0.353 e. The number of nitrogens with zero attached hydrogens (tertiary/aromatic N) is 3. The van der Waals surface area contributed by atoms with E-state index >= 15 is 0 Å². The van der Waals surface area contributed by atoms with Gasteiger partial charge in [-0.05, 0) is 6.42 Å². The number of aromatic nitrogens is 2. The van der Waals surface area contributed by atoms with Crippen molar-refractivity contribution in [1.82, 2.24) is 9.97 Å². The van der Waals surface area contributed by atoms with E-state index in [9.17, 15) is 14.3 Å². The van der Waals surface area contributed by atoms with Crippen LogP contribution in [0.15, 0.2) is 6.33 Å². The van der Waals surface area contributed by atoms with Crippen molar-refractivity contribution in [3.05, 3.63) is 16.4 Å². The predicted octanol–water partition coefficient (Wildman–Crippen LogP) is 1.39.